The Bertz CT molecular complexity index is 1380. The van der Waals surface area contributed by atoms with E-state index in [9.17, 15) is 4.79 Å². The highest BCUT2D eigenvalue weighted by Gasteiger charge is 2.42. The van der Waals surface area contributed by atoms with Gasteiger partial charge in [0.25, 0.3) is 0 Å². The normalized spacial score (nSPS) is 14.2. The fraction of sp³-hybridized carbons (Fsp3) is 0.323. The fourth-order valence-electron chi connectivity index (χ4n) is 5.29. The van der Waals surface area contributed by atoms with Crippen LogP contribution >= 0.6 is 11.8 Å². The maximum Gasteiger partial charge on any atom is 0.231 e. The van der Waals surface area contributed by atoms with E-state index in [0.717, 1.165) is 65.8 Å². The third-order valence-corrected chi connectivity index (χ3v) is 8.35. The number of carbonyl (C=O) groups excluding carboxylic acids is 1. The number of hydrogen-bond acceptors (Lipinski definition) is 6. The van der Waals surface area contributed by atoms with Crippen LogP contribution in [-0.2, 0) is 23.2 Å². The monoisotopic (exact) mass is 542 g/mol. The standard InChI is InChI=1S/C31H34N4O3S/c1-37-26-15-13-24(14-16-26)31(18-6-7-19-31)29(36)32-22-28-33-34-30(39-20-17-23-9-4-3-5-10-23)35(28)25-11-8-12-27(21-25)38-2/h3-5,8-16,21H,6-7,17-20,22H2,1-2H3,(H,32,36). The zero-order valence-electron chi connectivity index (χ0n) is 22.4. The smallest absolute Gasteiger partial charge is 0.231 e. The molecule has 5 rings (SSSR count). The van der Waals surface area contributed by atoms with E-state index in [1.165, 1.54) is 5.56 Å². The van der Waals surface area contributed by atoms with Crippen LogP contribution in [0.15, 0.2) is 84.0 Å². The van der Waals surface area contributed by atoms with Gasteiger partial charge in [0.1, 0.15) is 11.5 Å². The molecule has 0 saturated heterocycles. The highest BCUT2D eigenvalue weighted by molar-refractivity contribution is 7.99. The number of rotatable bonds is 11. The topological polar surface area (TPSA) is 78.3 Å². The SMILES string of the molecule is COc1ccc(C2(C(=O)NCc3nnc(SCCc4ccccc4)n3-c3cccc(OC)c3)CCCC2)cc1. The van der Waals surface area contributed by atoms with E-state index in [1.54, 1.807) is 26.0 Å². The van der Waals surface area contributed by atoms with Crippen LogP contribution in [-0.4, -0.2) is 40.6 Å². The average molecular weight is 543 g/mol. The van der Waals surface area contributed by atoms with Crippen LogP contribution in [0.1, 0.15) is 42.6 Å². The molecule has 1 aliphatic carbocycles. The van der Waals surface area contributed by atoms with Gasteiger partial charge in [-0.2, -0.15) is 0 Å². The molecule has 8 heteroatoms. The van der Waals surface area contributed by atoms with Crippen molar-refractivity contribution in [1.29, 1.82) is 0 Å². The van der Waals surface area contributed by atoms with Crippen LogP contribution in [0.5, 0.6) is 11.5 Å². The van der Waals surface area contributed by atoms with Crippen molar-refractivity contribution in [2.24, 2.45) is 0 Å². The Morgan fingerprint density at radius 3 is 2.38 bits per heavy atom. The second-order valence-corrected chi connectivity index (χ2v) is 10.8. The zero-order valence-corrected chi connectivity index (χ0v) is 23.2. The second kappa shape index (κ2) is 12.4. The van der Waals surface area contributed by atoms with Gasteiger partial charge in [0.05, 0.1) is 31.9 Å². The first-order chi connectivity index (χ1) is 19.1. The maximum absolute atomic E-state index is 13.8. The molecule has 202 valence electrons. The highest BCUT2D eigenvalue weighted by atomic mass is 32.2. The first kappa shape index (κ1) is 26.8. The summed E-state index contributed by atoms with van der Waals surface area (Å²) in [6.45, 7) is 0.278. The number of carbonyl (C=O) groups is 1. The minimum atomic E-state index is -0.541. The molecular formula is C31H34N4O3S. The minimum Gasteiger partial charge on any atom is -0.497 e. The number of benzene rings is 3. The quantitative estimate of drug-likeness (QED) is 0.243. The van der Waals surface area contributed by atoms with Gasteiger partial charge in [-0.3, -0.25) is 9.36 Å². The number of methoxy groups -OCH3 is 2. The van der Waals surface area contributed by atoms with Crippen LogP contribution in [0.25, 0.3) is 5.69 Å². The van der Waals surface area contributed by atoms with E-state index in [-0.39, 0.29) is 12.5 Å². The van der Waals surface area contributed by atoms with E-state index in [1.807, 2.05) is 59.2 Å². The van der Waals surface area contributed by atoms with Crippen molar-refractivity contribution in [3.05, 3.63) is 95.8 Å². The lowest BCUT2D eigenvalue weighted by molar-refractivity contribution is -0.126. The van der Waals surface area contributed by atoms with Crippen molar-refractivity contribution < 1.29 is 14.3 Å². The Kier molecular flexibility index (Phi) is 8.51. The molecule has 0 bridgehead atoms. The van der Waals surface area contributed by atoms with E-state index >= 15 is 0 Å². The first-order valence-corrected chi connectivity index (χ1v) is 14.3. The summed E-state index contributed by atoms with van der Waals surface area (Å²) in [6, 6.07) is 26.1. The number of nitrogens with zero attached hydrogens (tertiary/aromatic N) is 3. The van der Waals surface area contributed by atoms with Gasteiger partial charge in [0.2, 0.25) is 5.91 Å². The number of nitrogens with one attached hydrogen (secondary N) is 1. The molecule has 4 aromatic rings. The van der Waals surface area contributed by atoms with Crippen LogP contribution < -0.4 is 14.8 Å². The Labute approximate surface area is 233 Å². The summed E-state index contributed by atoms with van der Waals surface area (Å²) in [5.41, 5.74) is 2.67. The van der Waals surface area contributed by atoms with Gasteiger partial charge in [0, 0.05) is 11.8 Å². The van der Waals surface area contributed by atoms with Gasteiger partial charge in [-0.15, -0.1) is 10.2 Å². The lowest BCUT2D eigenvalue weighted by Crippen LogP contribution is -2.42. The summed E-state index contributed by atoms with van der Waals surface area (Å²) in [5.74, 6) is 3.11. The number of aryl methyl sites for hydroxylation is 1. The fourth-order valence-corrected chi connectivity index (χ4v) is 6.24. The number of amides is 1. The molecule has 1 heterocycles. The summed E-state index contributed by atoms with van der Waals surface area (Å²) >= 11 is 1.65. The van der Waals surface area contributed by atoms with Gasteiger partial charge >= 0.3 is 0 Å². The summed E-state index contributed by atoms with van der Waals surface area (Å²) in [4.78, 5) is 13.8. The number of ether oxygens (including phenoxy) is 2. The zero-order chi connectivity index (χ0) is 27.1. The Hall–Kier alpha value is -3.78. The van der Waals surface area contributed by atoms with Gasteiger partial charge in [-0.05, 0) is 54.7 Å². The van der Waals surface area contributed by atoms with E-state index in [4.69, 9.17) is 9.47 Å². The van der Waals surface area contributed by atoms with Gasteiger partial charge in [-0.1, -0.05) is 73.1 Å². The molecule has 0 unspecified atom stereocenters. The third-order valence-electron chi connectivity index (χ3n) is 7.42. The number of aromatic nitrogens is 3. The predicted octanol–water partition coefficient (Wildman–Crippen LogP) is 5.75. The molecule has 0 aliphatic heterocycles. The number of hydrogen-bond donors (Lipinski definition) is 1. The van der Waals surface area contributed by atoms with Gasteiger partial charge in [-0.25, -0.2) is 0 Å². The lowest BCUT2D eigenvalue weighted by atomic mass is 9.78. The predicted molar refractivity (Wildman–Crippen MR) is 154 cm³/mol. The van der Waals surface area contributed by atoms with Crippen LogP contribution in [0.2, 0.25) is 0 Å². The van der Waals surface area contributed by atoms with Gasteiger partial charge in [0.15, 0.2) is 11.0 Å². The van der Waals surface area contributed by atoms with E-state index < -0.39 is 5.41 Å². The Balaban J connectivity index is 1.37. The Morgan fingerprint density at radius 1 is 0.923 bits per heavy atom. The van der Waals surface area contributed by atoms with Crippen molar-refractivity contribution in [1.82, 2.24) is 20.1 Å². The summed E-state index contributed by atoms with van der Waals surface area (Å²) in [5, 5.41) is 13.0. The van der Waals surface area contributed by atoms with Crippen molar-refractivity contribution in [3.63, 3.8) is 0 Å². The molecule has 1 N–H and O–H groups in total. The second-order valence-electron chi connectivity index (χ2n) is 9.72. The molecular weight excluding hydrogens is 508 g/mol. The van der Waals surface area contributed by atoms with Crippen LogP contribution in [0.3, 0.4) is 0 Å². The molecule has 1 amide bonds. The molecule has 0 radical (unpaired) electrons. The van der Waals surface area contributed by atoms with Crippen molar-refractivity contribution in [3.8, 4) is 17.2 Å². The van der Waals surface area contributed by atoms with Crippen LogP contribution in [0.4, 0.5) is 0 Å². The molecule has 1 saturated carbocycles. The van der Waals surface area contributed by atoms with Gasteiger partial charge < -0.3 is 14.8 Å². The molecule has 39 heavy (non-hydrogen) atoms. The molecule has 3 aromatic carbocycles. The summed E-state index contributed by atoms with van der Waals surface area (Å²) < 4.78 is 12.8. The lowest BCUT2D eigenvalue weighted by Gasteiger charge is -2.28. The molecule has 1 aromatic heterocycles. The van der Waals surface area contributed by atoms with Crippen molar-refractivity contribution in [2.75, 3.05) is 20.0 Å². The van der Waals surface area contributed by atoms with E-state index in [2.05, 4.69) is 39.8 Å². The maximum atomic E-state index is 13.8. The minimum absolute atomic E-state index is 0.0311. The molecule has 1 aliphatic rings. The molecule has 7 nitrogen and oxygen atoms in total. The number of thioether (sulfide) groups is 1. The van der Waals surface area contributed by atoms with Crippen molar-refractivity contribution >= 4 is 17.7 Å². The Morgan fingerprint density at radius 2 is 1.67 bits per heavy atom. The molecule has 1 fully saturated rings. The van der Waals surface area contributed by atoms with E-state index in [0.29, 0.717) is 5.82 Å². The van der Waals surface area contributed by atoms with Crippen LogP contribution in [0, 0.1) is 0 Å². The summed E-state index contributed by atoms with van der Waals surface area (Å²) in [6.07, 6.45) is 4.64. The summed E-state index contributed by atoms with van der Waals surface area (Å²) in [7, 11) is 3.31. The average Bonchev–Trinajstić information content (AvgIpc) is 3.65. The van der Waals surface area contributed by atoms with Crippen molar-refractivity contribution in [2.45, 2.75) is 49.2 Å². The molecule has 0 spiro atoms. The first-order valence-electron chi connectivity index (χ1n) is 13.3. The third kappa shape index (κ3) is 5.96. The highest BCUT2D eigenvalue weighted by Crippen LogP contribution is 2.42. The largest absolute Gasteiger partial charge is 0.497 e. The molecule has 0 atom stereocenters.